The first-order valence-electron chi connectivity index (χ1n) is 12.0. The number of hydrogen-bond donors (Lipinski definition) is 0. The standard InChI is InChI=1S/C29H22ClN3O5S/c1-35-21-12-25(22-14-27(38-26(22)13-21)23-15-33-28(31-23)39-29(32-33)36-2)37-16-18-6-3-5-17(9-18)10-24(34)19-7-4-8-20(30)11-19/h3-9,11-15H,10,16H2,1-2H3. The average molecular weight is 560 g/mol. The normalized spacial score (nSPS) is 11.3. The summed E-state index contributed by atoms with van der Waals surface area (Å²) in [6, 6.07) is 20.3. The van der Waals surface area contributed by atoms with Gasteiger partial charge in [-0.25, -0.2) is 9.50 Å². The molecule has 0 aliphatic heterocycles. The fourth-order valence-corrected chi connectivity index (χ4v) is 5.16. The van der Waals surface area contributed by atoms with E-state index >= 15 is 0 Å². The van der Waals surface area contributed by atoms with Crippen molar-refractivity contribution in [1.82, 2.24) is 14.6 Å². The maximum absolute atomic E-state index is 12.7. The van der Waals surface area contributed by atoms with Gasteiger partial charge in [0.2, 0.25) is 4.96 Å². The molecule has 0 N–H and O–H groups in total. The van der Waals surface area contributed by atoms with Crippen molar-refractivity contribution < 1.29 is 23.4 Å². The van der Waals surface area contributed by atoms with Gasteiger partial charge in [0.05, 0.1) is 25.8 Å². The van der Waals surface area contributed by atoms with Crippen LogP contribution in [0, 0.1) is 0 Å². The van der Waals surface area contributed by atoms with Gasteiger partial charge in [-0.05, 0) is 40.7 Å². The van der Waals surface area contributed by atoms with Crippen molar-refractivity contribution >= 4 is 44.7 Å². The molecule has 3 aromatic heterocycles. The van der Waals surface area contributed by atoms with Gasteiger partial charge in [-0.3, -0.25) is 4.79 Å². The molecule has 0 amide bonds. The fourth-order valence-electron chi connectivity index (χ4n) is 4.27. The van der Waals surface area contributed by atoms with Crippen molar-refractivity contribution in [3.05, 3.63) is 94.6 Å². The summed E-state index contributed by atoms with van der Waals surface area (Å²) in [7, 11) is 3.17. The van der Waals surface area contributed by atoms with E-state index in [-0.39, 0.29) is 12.2 Å². The van der Waals surface area contributed by atoms with E-state index < -0.39 is 0 Å². The quantitative estimate of drug-likeness (QED) is 0.178. The summed E-state index contributed by atoms with van der Waals surface area (Å²) in [5.41, 5.74) is 3.68. The van der Waals surface area contributed by atoms with Crippen molar-refractivity contribution in [2.45, 2.75) is 13.0 Å². The van der Waals surface area contributed by atoms with E-state index in [0.29, 0.717) is 55.9 Å². The van der Waals surface area contributed by atoms with Crippen LogP contribution < -0.4 is 14.2 Å². The van der Waals surface area contributed by atoms with Crippen LogP contribution in [0.5, 0.6) is 16.7 Å². The van der Waals surface area contributed by atoms with Crippen LogP contribution in [0.25, 0.3) is 27.4 Å². The van der Waals surface area contributed by atoms with Gasteiger partial charge in [0, 0.05) is 29.1 Å². The predicted molar refractivity (Wildman–Crippen MR) is 149 cm³/mol. The third-order valence-corrected chi connectivity index (χ3v) is 7.28. The zero-order valence-electron chi connectivity index (χ0n) is 21.0. The van der Waals surface area contributed by atoms with Crippen LogP contribution in [0.2, 0.25) is 5.02 Å². The van der Waals surface area contributed by atoms with Crippen LogP contribution in [-0.4, -0.2) is 34.6 Å². The molecule has 0 bridgehead atoms. The van der Waals surface area contributed by atoms with Crippen LogP contribution >= 0.6 is 22.9 Å². The SMILES string of the molecule is COc1cc(OCc2cccc(CC(=O)c3cccc(Cl)c3)c2)c2cc(-c3cn4nc(OC)sc4n3)oc2c1. The lowest BCUT2D eigenvalue weighted by atomic mass is 10.0. The Kier molecular flexibility index (Phi) is 6.68. The number of imidazole rings is 1. The van der Waals surface area contributed by atoms with Crippen LogP contribution in [0.3, 0.4) is 0 Å². The summed E-state index contributed by atoms with van der Waals surface area (Å²) in [5, 5.41) is 6.19. The number of fused-ring (bicyclic) bond motifs is 2. The third-order valence-electron chi connectivity index (χ3n) is 6.16. The average Bonchev–Trinajstić information content (AvgIpc) is 3.65. The maximum Gasteiger partial charge on any atom is 0.294 e. The van der Waals surface area contributed by atoms with E-state index in [9.17, 15) is 4.79 Å². The molecular formula is C29H22ClN3O5S. The minimum absolute atomic E-state index is 0.00351. The molecule has 0 saturated heterocycles. The number of nitrogens with zero attached hydrogens (tertiary/aromatic N) is 3. The molecule has 6 aromatic rings. The van der Waals surface area contributed by atoms with Gasteiger partial charge in [-0.2, -0.15) is 0 Å². The Bertz CT molecular complexity index is 1790. The minimum Gasteiger partial charge on any atom is -0.496 e. The Morgan fingerprint density at radius 1 is 1.03 bits per heavy atom. The molecule has 196 valence electrons. The van der Waals surface area contributed by atoms with E-state index in [1.165, 1.54) is 11.3 Å². The molecule has 0 unspecified atom stereocenters. The minimum atomic E-state index is 0.00351. The molecule has 0 atom stereocenters. The zero-order chi connectivity index (χ0) is 26.9. The highest BCUT2D eigenvalue weighted by atomic mass is 35.5. The molecule has 3 aromatic carbocycles. The Hall–Kier alpha value is -4.34. The van der Waals surface area contributed by atoms with Gasteiger partial charge in [0.25, 0.3) is 5.19 Å². The molecule has 39 heavy (non-hydrogen) atoms. The van der Waals surface area contributed by atoms with E-state index in [2.05, 4.69) is 10.1 Å². The number of rotatable bonds is 9. The van der Waals surface area contributed by atoms with Gasteiger partial charge in [0.1, 0.15) is 29.4 Å². The van der Waals surface area contributed by atoms with Crippen LogP contribution in [0.15, 0.2) is 77.3 Å². The number of ether oxygens (including phenoxy) is 3. The molecule has 0 aliphatic carbocycles. The largest absolute Gasteiger partial charge is 0.496 e. The summed E-state index contributed by atoms with van der Waals surface area (Å²) in [6.07, 6.45) is 2.06. The number of carbonyl (C=O) groups excluding carboxylic acids is 1. The Balaban J connectivity index is 1.23. The van der Waals surface area contributed by atoms with Gasteiger partial charge in [-0.1, -0.05) is 48.0 Å². The van der Waals surface area contributed by atoms with Gasteiger partial charge < -0.3 is 18.6 Å². The maximum atomic E-state index is 12.7. The first-order valence-corrected chi connectivity index (χ1v) is 13.2. The lowest BCUT2D eigenvalue weighted by Gasteiger charge is -2.10. The van der Waals surface area contributed by atoms with Gasteiger partial charge >= 0.3 is 0 Å². The Morgan fingerprint density at radius 3 is 2.67 bits per heavy atom. The number of methoxy groups -OCH3 is 2. The molecule has 8 nitrogen and oxygen atoms in total. The molecule has 3 heterocycles. The third kappa shape index (κ3) is 5.19. The fraction of sp³-hybridized carbons (Fsp3) is 0.138. The van der Waals surface area contributed by atoms with Crippen molar-refractivity contribution in [3.8, 4) is 28.1 Å². The zero-order valence-corrected chi connectivity index (χ0v) is 22.6. The highest BCUT2D eigenvalue weighted by Crippen LogP contribution is 2.37. The summed E-state index contributed by atoms with van der Waals surface area (Å²) in [6.45, 7) is 0.298. The van der Waals surface area contributed by atoms with Crippen LogP contribution in [-0.2, 0) is 13.0 Å². The highest BCUT2D eigenvalue weighted by Gasteiger charge is 2.17. The number of furan rings is 1. The first kappa shape index (κ1) is 25.0. The smallest absolute Gasteiger partial charge is 0.294 e. The molecule has 0 aliphatic rings. The summed E-state index contributed by atoms with van der Waals surface area (Å²) >= 11 is 7.39. The van der Waals surface area contributed by atoms with Crippen molar-refractivity contribution in [1.29, 1.82) is 0 Å². The topological polar surface area (TPSA) is 88.1 Å². The molecule has 0 fully saturated rings. The monoisotopic (exact) mass is 559 g/mol. The summed E-state index contributed by atoms with van der Waals surface area (Å²) in [5.74, 6) is 1.81. The van der Waals surface area contributed by atoms with Crippen molar-refractivity contribution in [2.75, 3.05) is 14.2 Å². The summed E-state index contributed by atoms with van der Waals surface area (Å²) < 4.78 is 24.7. The van der Waals surface area contributed by atoms with Gasteiger partial charge in [-0.15, -0.1) is 5.10 Å². The van der Waals surface area contributed by atoms with E-state index in [1.807, 2.05) is 42.5 Å². The van der Waals surface area contributed by atoms with Crippen LogP contribution in [0.1, 0.15) is 21.5 Å². The van der Waals surface area contributed by atoms with E-state index in [1.54, 1.807) is 49.2 Å². The number of Topliss-reactive ketones (excluding diaryl/α,β-unsaturated/α-hetero) is 1. The second-order valence-electron chi connectivity index (χ2n) is 8.79. The lowest BCUT2D eigenvalue weighted by Crippen LogP contribution is -2.04. The lowest BCUT2D eigenvalue weighted by molar-refractivity contribution is 0.0993. The second kappa shape index (κ2) is 10.4. The second-order valence-corrected chi connectivity index (χ2v) is 10.1. The number of benzene rings is 3. The predicted octanol–water partition coefficient (Wildman–Crippen LogP) is 6.88. The molecule has 10 heteroatoms. The van der Waals surface area contributed by atoms with E-state index in [0.717, 1.165) is 16.5 Å². The Morgan fingerprint density at radius 2 is 1.87 bits per heavy atom. The Labute approximate surface area is 232 Å². The number of aromatic nitrogens is 3. The number of hydrogen-bond acceptors (Lipinski definition) is 8. The highest BCUT2D eigenvalue weighted by molar-refractivity contribution is 7.18. The summed E-state index contributed by atoms with van der Waals surface area (Å²) in [4.78, 5) is 18.0. The molecule has 0 radical (unpaired) electrons. The number of carbonyl (C=O) groups is 1. The van der Waals surface area contributed by atoms with Crippen LogP contribution in [0.4, 0.5) is 0 Å². The van der Waals surface area contributed by atoms with Crippen molar-refractivity contribution in [2.24, 2.45) is 0 Å². The molecule has 0 saturated carbocycles. The molecule has 6 rings (SSSR count). The molecule has 0 spiro atoms. The number of ketones is 1. The molecular weight excluding hydrogens is 538 g/mol. The number of halogens is 1. The van der Waals surface area contributed by atoms with Crippen molar-refractivity contribution in [3.63, 3.8) is 0 Å². The van der Waals surface area contributed by atoms with E-state index in [4.69, 9.17) is 30.2 Å². The van der Waals surface area contributed by atoms with Gasteiger partial charge in [0.15, 0.2) is 11.5 Å². The first-order chi connectivity index (χ1) is 19.0.